The zero-order valence-corrected chi connectivity index (χ0v) is 72.7. The average molecular weight is 1760 g/mol. The Morgan fingerprint density at radius 3 is 1.14 bits per heavy atom. The molecule has 34 heteroatoms. The van der Waals surface area contributed by atoms with Crippen molar-refractivity contribution in [1.29, 1.82) is 0 Å². The molecule has 2 aliphatic rings. The molecule has 0 aliphatic carbocycles. The molecule has 0 saturated carbocycles. The molecule has 11 aromatic rings. The molecular weight excluding hydrogens is 1670 g/mol. The van der Waals surface area contributed by atoms with Crippen LogP contribution in [0.3, 0.4) is 0 Å². The molecule has 9 aromatic heterocycles. The number of nitrogens with zero attached hydrogens (tertiary/aromatic N) is 14. The monoisotopic (exact) mass is 1760 g/mol. The topological polar surface area (TPSA) is 381 Å². The van der Waals surface area contributed by atoms with Crippen LogP contribution in [0, 0.1) is 156 Å². The Labute approximate surface area is 741 Å². The Morgan fingerprint density at radius 1 is 0.488 bits per heavy atom. The number of hydrogen-bond acceptors (Lipinski definition) is 28. The molecule has 2 saturated heterocycles. The molecular formula is C93H95F2N17O13S2. The first-order chi connectivity index (χ1) is 60.8. The number of likely N-dealkylation sites (tertiary alicyclic amines) is 1. The van der Waals surface area contributed by atoms with Gasteiger partial charge in [-0.15, -0.1) is 25.7 Å². The van der Waals surface area contributed by atoms with Crippen molar-refractivity contribution in [2.75, 3.05) is 63.4 Å². The summed E-state index contributed by atoms with van der Waals surface area (Å²) < 4.78 is 106. The average Bonchev–Trinajstić information content (AvgIpc) is 1.65. The fourth-order valence-corrected chi connectivity index (χ4v) is 11.9. The number of rotatable bonds is 18. The maximum Gasteiger partial charge on any atom is 0.265 e. The van der Waals surface area contributed by atoms with Crippen LogP contribution < -0.4 is 16.0 Å². The molecule has 0 amide bonds. The van der Waals surface area contributed by atoms with Crippen molar-refractivity contribution in [2.24, 2.45) is 0 Å². The van der Waals surface area contributed by atoms with E-state index in [1.807, 2.05) is 30.9 Å². The largest absolute Gasteiger partial charge is 0.387 e. The number of piperidine rings is 2. The van der Waals surface area contributed by atoms with Gasteiger partial charge in [-0.1, -0.05) is 56.9 Å². The second-order valence-corrected chi connectivity index (χ2v) is 28.2. The maximum atomic E-state index is 13.6. The van der Waals surface area contributed by atoms with Gasteiger partial charge < -0.3 is 52.8 Å². The van der Waals surface area contributed by atoms with E-state index in [1.165, 1.54) is 55.4 Å². The molecule has 0 radical (unpaired) electrons. The van der Waals surface area contributed by atoms with Crippen molar-refractivity contribution in [2.45, 2.75) is 125 Å². The van der Waals surface area contributed by atoms with Crippen LogP contribution >= 0.6 is 0 Å². The van der Waals surface area contributed by atoms with E-state index in [0.29, 0.717) is 47.0 Å². The molecule has 13 rings (SSSR count). The lowest BCUT2D eigenvalue weighted by molar-refractivity contribution is 0.111. The highest BCUT2D eigenvalue weighted by atomic mass is 32.2. The lowest BCUT2D eigenvalue weighted by Gasteiger charge is -2.36. The molecule has 4 atom stereocenters. The van der Waals surface area contributed by atoms with Gasteiger partial charge in [-0.2, -0.15) is 16.8 Å². The maximum absolute atomic E-state index is 13.6. The first-order valence-corrected chi connectivity index (χ1v) is 41.4. The summed E-state index contributed by atoms with van der Waals surface area (Å²) in [5.74, 6) is 48.7. The Morgan fingerprint density at radius 2 is 0.835 bits per heavy atom. The highest BCUT2D eigenvalue weighted by Gasteiger charge is 2.30. The number of aliphatic hydroxyl groups excluding tert-OH is 1. The normalized spacial score (nSPS) is 12.1. The van der Waals surface area contributed by atoms with E-state index in [0.717, 1.165) is 115 Å². The summed E-state index contributed by atoms with van der Waals surface area (Å²) in [6.45, 7) is 17.7. The number of aldehydes is 1. The van der Waals surface area contributed by atoms with Crippen molar-refractivity contribution in [3.8, 4) is 189 Å². The van der Waals surface area contributed by atoms with Crippen molar-refractivity contribution >= 4 is 38.4 Å². The van der Waals surface area contributed by atoms with Gasteiger partial charge in [-0.25, -0.2) is 38.7 Å². The number of imidazole rings is 2. The molecule has 0 bridgehead atoms. The Bertz CT molecular complexity index is 5930. The van der Waals surface area contributed by atoms with Crippen LogP contribution in [0.2, 0.25) is 0 Å². The van der Waals surface area contributed by atoms with Crippen LogP contribution in [0.5, 0.6) is 0 Å². The summed E-state index contributed by atoms with van der Waals surface area (Å²) in [7, 11) is -3.27. The first kappa shape index (κ1) is 106. The number of carbonyl (C=O) groups is 1. The number of terminal acetylenes is 4. The van der Waals surface area contributed by atoms with E-state index < -0.39 is 38.5 Å². The van der Waals surface area contributed by atoms with Gasteiger partial charge in [0.05, 0.1) is 71.5 Å². The van der Waals surface area contributed by atoms with Crippen LogP contribution in [0.4, 0.5) is 20.7 Å². The third-order valence-electron chi connectivity index (χ3n) is 16.2. The standard InChI is InChI=1S/C24H26FN7O.C19H21FN6.C8H6.2C7H4.2C6H9NO4S.C6H2.C5H7NO2.C4H3NO2.CH4/c1-16(20-10-14-33-30-20)31-12-8-19(9-13-31)32-15-28-22(17-3-5-18(25)6-4-17)23(32)21-7-11-27-24(26-2)29-21;1-21-19-23-11-8-16(25-19)18-17(13-2-4-14(20)5-3-13)24-12-26(18)15-6-9-22-10-7-15;1-3-5-7-8-6-4-2;2*1-3-5-7-6-4-2;2*1-5(11-12(2,8)9)6-3-4-10-7-6;1-3-5-6-4-2;1-4(7)5-2-3-8-6-5;6-3-4-1-2-7-5-4;/h3-7,10-11,14-16,19H,8-9,12-13H2,1-2H3,(H,26,27,29);2-5,8,11-12,15,22H,6-7,9-10H2,1H3,(H,21,23,25);1-2H3;2*1H,2H3;2*3-5H,1-2H3;1-2H;2-4,7H,1H3;1-3H;1H4. The van der Waals surface area contributed by atoms with Gasteiger partial charge in [-0.05, 0) is 250 Å². The van der Waals surface area contributed by atoms with Crippen LogP contribution in [-0.4, -0.2) is 151 Å². The van der Waals surface area contributed by atoms with E-state index in [2.05, 4.69) is 232 Å². The lowest BCUT2D eigenvalue weighted by atomic mass is 10.0. The smallest absolute Gasteiger partial charge is 0.265 e. The summed E-state index contributed by atoms with van der Waals surface area (Å²) in [5.41, 5.74) is 9.56. The summed E-state index contributed by atoms with van der Waals surface area (Å²) in [4.78, 5) is 39.3. The van der Waals surface area contributed by atoms with Gasteiger partial charge >= 0.3 is 0 Å². The quantitative estimate of drug-likeness (QED) is 0.0352. The Hall–Kier alpha value is -15.4. The zero-order chi connectivity index (χ0) is 92.3. The molecule has 656 valence electrons. The Balaban J connectivity index is 0.000000392. The van der Waals surface area contributed by atoms with E-state index in [1.54, 1.807) is 124 Å². The second kappa shape index (κ2) is 60.2. The number of hydrogen-bond donors (Lipinski definition) is 4. The number of anilines is 2. The van der Waals surface area contributed by atoms with E-state index >= 15 is 0 Å². The molecule has 2 aliphatic heterocycles. The number of benzene rings is 2. The molecule has 0 spiro atoms. The predicted molar refractivity (Wildman–Crippen MR) is 480 cm³/mol. The van der Waals surface area contributed by atoms with Gasteiger partial charge in [0.15, 0.2) is 6.29 Å². The van der Waals surface area contributed by atoms with Crippen LogP contribution in [0.1, 0.15) is 158 Å². The van der Waals surface area contributed by atoms with E-state index in [4.69, 9.17) is 40.3 Å². The number of carbonyl (C=O) groups excluding carboxylic acids is 1. The summed E-state index contributed by atoms with van der Waals surface area (Å²) in [6.07, 6.45) is 38.2. The minimum absolute atomic E-state index is 0. The molecule has 4 N–H and O–H groups in total. The Kier molecular flexibility index (Phi) is 50.1. The molecule has 2 fully saturated rings. The lowest BCUT2D eigenvalue weighted by Crippen LogP contribution is -2.36. The minimum Gasteiger partial charge on any atom is -0.387 e. The zero-order valence-electron chi connectivity index (χ0n) is 71.0. The second-order valence-electron chi connectivity index (χ2n) is 25.0. The highest BCUT2D eigenvalue weighted by molar-refractivity contribution is 7.86. The van der Waals surface area contributed by atoms with Crippen molar-refractivity contribution in [1.82, 2.24) is 75.0 Å². The fourth-order valence-electron chi connectivity index (χ4n) is 10.6. The SMILES string of the molecule is C.C#CC#CC#C.C#CC#CC#CC.C#CC#CC#CC.CC#CC#CC#CC.CC(O)c1ccon1.CC(OS(C)(=O)=O)c1ccon1.CC(OS(C)(=O)=O)c1ccon1.CNc1nccc(-c2c(-c3ccc(F)cc3)ncn2C2CCN(C(C)c3ccon3)CC2)n1.CNc1nccc(-c2c(-c3ccc(F)cc3)ncn2C2CCNCC2)n1.O=Cc1ccon1. The molecule has 127 heavy (non-hydrogen) atoms. The predicted octanol–water partition coefficient (Wildman–Crippen LogP) is 13.5. The third-order valence-corrected chi connectivity index (χ3v) is 17.5. The van der Waals surface area contributed by atoms with E-state index in [-0.39, 0.29) is 31.1 Å². The van der Waals surface area contributed by atoms with Gasteiger partial charge in [0.2, 0.25) is 11.9 Å². The fraction of sp³-hybridized carbons (Fsp3) is 0.290. The van der Waals surface area contributed by atoms with Gasteiger partial charge in [0.25, 0.3) is 20.2 Å². The highest BCUT2D eigenvalue weighted by Crippen LogP contribution is 2.38. The van der Waals surface area contributed by atoms with Crippen molar-refractivity contribution < 1.29 is 66.5 Å². The summed E-state index contributed by atoms with van der Waals surface area (Å²) in [6, 6.07) is 25.6. The molecule has 11 heterocycles. The number of halogens is 2. The van der Waals surface area contributed by atoms with Gasteiger partial charge in [-0.3, -0.25) is 18.1 Å². The van der Waals surface area contributed by atoms with Crippen LogP contribution in [0.15, 0.2) is 170 Å². The van der Waals surface area contributed by atoms with E-state index in [9.17, 15) is 30.4 Å². The molecule has 4 unspecified atom stereocenters. The molecule has 30 nitrogen and oxygen atoms in total. The van der Waals surface area contributed by atoms with Crippen molar-refractivity contribution in [3.63, 3.8) is 0 Å². The van der Waals surface area contributed by atoms with Gasteiger partial charge in [0, 0.05) is 93.1 Å². The molecule has 2 aromatic carbocycles. The van der Waals surface area contributed by atoms with Crippen LogP contribution in [-0.2, 0) is 28.6 Å². The minimum atomic E-state index is -3.43. The number of aromatic nitrogens is 13. The number of aliphatic hydroxyl groups is 1. The first-order valence-electron chi connectivity index (χ1n) is 37.8. The number of nitrogens with one attached hydrogen (secondary N) is 3. The van der Waals surface area contributed by atoms with Crippen LogP contribution in [0.25, 0.3) is 45.3 Å². The summed E-state index contributed by atoms with van der Waals surface area (Å²) in [5, 5.41) is 36.1. The van der Waals surface area contributed by atoms with Crippen molar-refractivity contribution in [3.05, 3.63) is 187 Å². The van der Waals surface area contributed by atoms with Gasteiger partial charge in [0.1, 0.15) is 83.6 Å². The third kappa shape index (κ3) is 40.5. The summed E-state index contributed by atoms with van der Waals surface area (Å²) >= 11 is 0.